The molecule has 3 heteroatoms. The predicted molar refractivity (Wildman–Crippen MR) is 73.1 cm³/mol. The zero-order valence-electron chi connectivity index (χ0n) is 11.6. The minimum Gasteiger partial charge on any atom is -0.491 e. The number of para-hydroxylation sites is 1. The maximum absolute atomic E-state index is 5.67. The van der Waals surface area contributed by atoms with Gasteiger partial charge in [-0.1, -0.05) is 25.1 Å². The molecule has 0 bridgehead atoms. The van der Waals surface area contributed by atoms with Crippen LogP contribution in [0, 0.1) is 0 Å². The van der Waals surface area contributed by atoms with Crippen molar-refractivity contribution >= 4 is 0 Å². The standard InChI is InChI=1S/C15H24O3/c1-4-10-16-13(2)11-17-14(3)12-18-15-8-6-5-7-9-15/h5-9,13-14H,4,10-12H2,1-3H3. The maximum Gasteiger partial charge on any atom is 0.119 e. The van der Waals surface area contributed by atoms with Crippen LogP contribution >= 0.6 is 0 Å². The smallest absolute Gasteiger partial charge is 0.119 e. The third-order valence-electron chi connectivity index (χ3n) is 2.45. The fourth-order valence-corrected chi connectivity index (χ4v) is 1.45. The van der Waals surface area contributed by atoms with Gasteiger partial charge in [-0.2, -0.15) is 0 Å². The Kier molecular flexibility index (Phi) is 7.46. The van der Waals surface area contributed by atoms with Crippen molar-refractivity contribution in [2.24, 2.45) is 0 Å². The van der Waals surface area contributed by atoms with Crippen molar-refractivity contribution in [1.82, 2.24) is 0 Å². The molecule has 1 aromatic carbocycles. The van der Waals surface area contributed by atoms with E-state index in [9.17, 15) is 0 Å². The van der Waals surface area contributed by atoms with E-state index >= 15 is 0 Å². The highest BCUT2D eigenvalue weighted by atomic mass is 16.6. The summed E-state index contributed by atoms with van der Waals surface area (Å²) in [5.41, 5.74) is 0. The molecule has 3 nitrogen and oxygen atoms in total. The highest BCUT2D eigenvalue weighted by Crippen LogP contribution is 2.09. The van der Waals surface area contributed by atoms with Gasteiger partial charge in [0.1, 0.15) is 12.4 Å². The molecule has 2 unspecified atom stereocenters. The quantitative estimate of drug-likeness (QED) is 0.675. The summed E-state index contributed by atoms with van der Waals surface area (Å²) in [5, 5.41) is 0. The van der Waals surface area contributed by atoms with Crippen molar-refractivity contribution in [1.29, 1.82) is 0 Å². The molecule has 0 spiro atoms. The molecule has 0 aliphatic rings. The highest BCUT2D eigenvalue weighted by Gasteiger charge is 2.07. The van der Waals surface area contributed by atoms with Crippen molar-refractivity contribution in [2.45, 2.75) is 39.4 Å². The second-order valence-electron chi connectivity index (χ2n) is 4.45. The van der Waals surface area contributed by atoms with Crippen LogP contribution in [0.2, 0.25) is 0 Å². The topological polar surface area (TPSA) is 27.7 Å². The van der Waals surface area contributed by atoms with Crippen molar-refractivity contribution in [2.75, 3.05) is 19.8 Å². The van der Waals surface area contributed by atoms with E-state index in [2.05, 4.69) is 6.92 Å². The van der Waals surface area contributed by atoms with Gasteiger partial charge in [-0.05, 0) is 32.4 Å². The second kappa shape index (κ2) is 8.95. The minimum atomic E-state index is 0.0675. The van der Waals surface area contributed by atoms with Crippen molar-refractivity contribution < 1.29 is 14.2 Å². The van der Waals surface area contributed by atoms with E-state index in [-0.39, 0.29) is 12.2 Å². The lowest BCUT2D eigenvalue weighted by atomic mass is 10.3. The maximum atomic E-state index is 5.67. The van der Waals surface area contributed by atoms with Crippen LogP contribution in [0.1, 0.15) is 27.2 Å². The van der Waals surface area contributed by atoms with E-state index in [0.717, 1.165) is 18.8 Å². The molecule has 0 amide bonds. The fourth-order valence-electron chi connectivity index (χ4n) is 1.45. The number of hydrogen-bond donors (Lipinski definition) is 0. The Balaban J connectivity index is 2.12. The zero-order chi connectivity index (χ0) is 13.2. The first-order valence-corrected chi connectivity index (χ1v) is 6.63. The lowest BCUT2D eigenvalue weighted by Crippen LogP contribution is -2.24. The van der Waals surface area contributed by atoms with Gasteiger partial charge in [0.25, 0.3) is 0 Å². The van der Waals surface area contributed by atoms with Crippen LogP contribution in [0.5, 0.6) is 5.75 Å². The van der Waals surface area contributed by atoms with Crippen molar-refractivity contribution in [3.63, 3.8) is 0 Å². The van der Waals surface area contributed by atoms with E-state index in [1.165, 1.54) is 0 Å². The van der Waals surface area contributed by atoms with E-state index in [1.807, 2.05) is 44.2 Å². The molecule has 0 aliphatic carbocycles. The van der Waals surface area contributed by atoms with Gasteiger partial charge in [-0.15, -0.1) is 0 Å². The molecular formula is C15H24O3. The average molecular weight is 252 g/mol. The van der Waals surface area contributed by atoms with Gasteiger partial charge >= 0.3 is 0 Å². The molecule has 0 radical (unpaired) electrons. The van der Waals surface area contributed by atoms with Crippen LogP contribution in [0.15, 0.2) is 30.3 Å². The lowest BCUT2D eigenvalue weighted by molar-refractivity contribution is -0.0422. The van der Waals surface area contributed by atoms with E-state index in [1.54, 1.807) is 0 Å². The van der Waals surface area contributed by atoms with Crippen LogP contribution in [0.4, 0.5) is 0 Å². The molecule has 0 heterocycles. The van der Waals surface area contributed by atoms with Crippen LogP contribution in [-0.2, 0) is 9.47 Å². The average Bonchev–Trinajstić information content (AvgIpc) is 2.41. The lowest BCUT2D eigenvalue weighted by Gasteiger charge is -2.18. The molecule has 1 aromatic rings. The van der Waals surface area contributed by atoms with E-state index < -0.39 is 0 Å². The fraction of sp³-hybridized carbons (Fsp3) is 0.600. The summed E-state index contributed by atoms with van der Waals surface area (Å²) in [4.78, 5) is 0. The van der Waals surface area contributed by atoms with Crippen LogP contribution in [0.25, 0.3) is 0 Å². The largest absolute Gasteiger partial charge is 0.491 e. The molecule has 0 saturated carbocycles. The van der Waals surface area contributed by atoms with Gasteiger partial charge in [0.05, 0.1) is 18.8 Å². The zero-order valence-corrected chi connectivity index (χ0v) is 11.6. The summed E-state index contributed by atoms with van der Waals surface area (Å²) >= 11 is 0. The summed E-state index contributed by atoms with van der Waals surface area (Å²) in [6, 6.07) is 9.78. The Morgan fingerprint density at radius 3 is 2.28 bits per heavy atom. The van der Waals surface area contributed by atoms with Crippen molar-refractivity contribution in [3.8, 4) is 5.75 Å². The van der Waals surface area contributed by atoms with Crippen LogP contribution in [0.3, 0.4) is 0 Å². The number of hydrogen-bond acceptors (Lipinski definition) is 3. The van der Waals surface area contributed by atoms with Crippen molar-refractivity contribution in [3.05, 3.63) is 30.3 Å². The van der Waals surface area contributed by atoms with E-state index in [0.29, 0.717) is 13.2 Å². The summed E-state index contributed by atoms with van der Waals surface area (Å²) in [6.45, 7) is 8.10. The van der Waals surface area contributed by atoms with E-state index in [4.69, 9.17) is 14.2 Å². The molecule has 0 aromatic heterocycles. The highest BCUT2D eigenvalue weighted by molar-refractivity contribution is 5.20. The molecule has 0 fully saturated rings. The Bertz CT molecular complexity index is 300. The van der Waals surface area contributed by atoms with Crippen LogP contribution < -0.4 is 4.74 Å². The Morgan fingerprint density at radius 1 is 0.944 bits per heavy atom. The minimum absolute atomic E-state index is 0.0675. The molecule has 102 valence electrons. The second-order valence-corrected chi connectivity index (χ2v) is 4.45. The van der Waals surface area contributed by atoms with Gasteiger partial charge in [0.15, 0.2) is 0 Å². The molecule has 0 saturated heterocycles. The number of ether oxygens (including phenoxy) is 3. The van der Waals surface area contributed by atoms with Gasteiger partial charge in [0, 0.05) is 6.61 Å². The normalized spacial score (nSPS) is 14.2. The molecule has 18 heavy (non-hydrogen) atoms. The van der Waals surface area contributed by atoms with Gasteiger partial charge in [-0.25, -0.2) is 0 Å². The first kappa shape index (κ1) is 15.0. The first-order chi connectivity index (χ1) is 8.72. The Labute approximate surface area is 110 Å². The summed E-state index contributed by atoms with van der Waals surface area (Å²) in [5.74, 6) is 0.878. The molecule has 0 N–H and O–H groups in total. The summed E-state index contributed by atoms with van der Waals surface area (Å²) < 4.78 is 16.8. The Hall–Kier alpha value is -1.06. The molecular weight excluding hydrogens is 228 g/mol. The van der Waals surface area contributed by atoms with Crippen LogP contribution in [-0.4, -0.2) is 32.0 Å². The predicted octanol–water partition coefficient (Wildman–Crippen LogP) is 3.29. The molecule has 2 atom stereocenters. The summed E-state index contributed by atoms with van der Waals surface area (Å²) in [7, 11) is 0. The third-order valence-corrected chi connectivity index (χ3v) is 2.45. The van der Waals surface area contributed by atoms with Gasteiger partial charge in [-0.3, -0.25) is 0 Å². The monoisotopic (exact) mass is 252 g/mol. The number of rotatable bonds is 9. The molecule has 0 aliphatic heterocycles. The Morgan fingerprint density at radius 2 is 1.61 bits per heavy atom. The number of benzene rings is 1. The first-order valence-electron chi connectivity index (χ1n) is 6.63. The summed E-state index contributed by atoms with van der Waals surface area (Å²) in [6.07, 6.45) is 1.25. The molecule has 1 rings (SSSR count). The van der Waals surface area contributed by atoms with Gasteiger partial charge < -0.3 is 14.2 Å². The van der Waals surface area contributed by atoms with Gasteiger partial charge in [0.2, 0.25) is 0 Å². The SMILES string of the molecule is CCCOC(C)COC(C)COc1ccccc1. The third kappa shape index (κ3) is 6.62.